The van der Waals surface area contributed by atoms with Crippen molar-refractivity contribution in [2.75, 3.05) is 23.4 Å². The molecule has 6 nitrogen and oxygen atoms in total. The molecular formula is C15H19ClN4O2S3. The molecule has 25 heavy (non-hydrogen) atoms. The molecule has 1 saturated heterocycles. The van der Waals surface area contributed by atoms with E-state index in [0.717, 1.165) is 12.2 Å². The summed E-state index contributed by atoms with van der Waals surface area (Å²) in [6, 6.07) is 7.46. The number of rotatable bonds is 6. The van der Waals surface area contributed by atoms with Gasteiger partial charge in [0.2, 0.25) is 5.13 Å². The topological polar surface area (TPSA) is 67.2 Å². The minimum Gasteiger partial charge on any atom is -0.329 e. The summed E-state index contributed by atoms with van der Waals surface area (Å²) in [6.07, 6.45) is 0.665. The monoisotopic (exact) mass is 418 g/mol. The molecule has 1 atom stereocenters. The quantitative estimate of drug-likeness (QED) is 0.723. The van der Waals surface area contributed by atoms with Gasteiger partial charge in [-0.05, 0) is 37.3 Å². The van der Waals surface area contributed by atoms with Crippen molar-refractivity contribution < 1.29 is 8.42 Å². The highest BCUT2D eigenvalue weighted by molar-refractivity contribution is 7.91. The summed E-state index contributed by atoms with van der Waals surface area (Å²) in [5.41, 5.74) is 0.773. The number of nitrogens with zero attached hydrogens (tertiary/aromatic N) is 3. The molecule has 0 radical (unpaired) electrons. The standard InChI is InChI=1S/C15H19ClN4O2S3/c1-2-19(11-7-8-25(21,22)9-11)10-20-15(23)24-14(18-20)17-13-6-4-3-5-12(13)16/h3-6,11H,2,7-10H2,1H3,(H,17,18). The molecule has 2 aromatic rings. The Kier molecular flexibility index (Phi) is 5.79. The molecule has 3 rings (SSSR count). The van der Waals surface area contributed by atoms with Gasteiger partial charge in [0.15, 0.2) is 13.8 Å². The number of benzene rings is 1. The highest BCUT2D eigenvalue weighted by Gasteiger charge is 2.31. The van der Waals surface area contributed by atoms with Gasteiger partial charge in [0.25, 0.3) is 0 Å². The summed E-state index contributed by atoms with van der Waals surface area (Å²) in [5, 5.41) is 8.97. The van der Waals surface area contributed by atoms with E-state index in [4.69, 9.17) is 23.8 Å². The van der Waals surface area contributed by atoms with Crippen LogP contribution in [0.5, 0.6) is 0 Å². The molecule has 1 aliphatic heterocycles. The van der Waals surface area contributed by atoms with E-state index in [1.807, 2.05) is 25.1 Å². The SMILES string of the molecule is CCN(Cn1nc(Nc2ccccc2Cl)sc1=S)C1CCS(=O)(=O)C1. The van der Waals surface area contributed by atoms with Crippen molar-refractivity contribution in [3.8, 4) is 0 Å². The minimum atomic E-state index is -2.92. The highest BCUT2D eigenvalue weighted by Crippen LogP contribution is 2.27. The van der Waals surface area contributed by atoms with Gasteiger partial charge in [-0.15, -0.1) is 5.10 Å². The lowest BCUT2D eigenvalue weighted by molar-refractivity contribution is 0.165. The molecule has 0 bridgehead atoms. The number of aromatic nitrogens is 2. The first-order chi connectivity index (χ1) is 11.9. The first-order valence-electron chi connectivity index (χ1n) is 7.92. The molecule has 0 amide bonds. The normalized spacial score (nSPS) is 19.4. The fraction of sp³-hybridized carbons (Fsp3) is 0.467. The van der Waals surface area contributed by atoms with Crippen molar-refractivity contribution in [3.05, 3.63) is 33.2 Å². The summed E-state index contributed by atoms with van der Waals surface area (Å²) in [5.74, 6) is 0.471. The average Bonchev–Trinajstić information content (AvgIpc) is 3.09. The Hall–Kier alpha value is -1.00. The molecule has 1 aromatic carbocycles. The van der Waals surface area contributed by atoms with Gasteiger partial charge in [0, 0.05) is 6.04 Å². The Morgan fingerprint density at radius 1 is 1.48 bits per heavy atom. The molecule has 1 aliphatic rings. The Morgan fingerprint density at radius 2 is 2.24 bits per heavy atom. The Morgan fingerprint density at radius 3 is 2.88 bits per heavy atom. The smallest absolute Gasteiger partial charge is 0.209 e. The minimum absolute atomic E-state index is 0.0265. The zero-order chi connectivity index (χ0) is 18.0. The molecular weight excluding hydrogens is 400 g/mol. The summed E-state index contributed by atoms with van der Waals surface area (Å²) in [7, 11) is -2.92. The second kappa shape index (κ2) is 7.71. The van der Waals surface area contributed by atoms with Gasteiger partial charge in [-0.1, -0.05) is 42.0 Å². The lowest BCUT2D eigenvalue weighted by Crippen LogP contribution is -2.37. The van der Waals surface area contributed by atoms with E-state index in [2.05, 4.69) is 15.3 Å². The van der Waals surface area contributed by atoms with Crippen molar-refractivity contribution >= 4 is 55.8 Å². The van der Waals surface area contributed by atoms with Gasteiger partial charge < -0.3 is 5.32 Å². The highest BCUT2D eigenvalue weighted by atomic mass is 35.5. The average molecular weight is 419 g/mol. The molecule has 1 unspecified atom stereocenters. The van der Waals surface area contributed by atoms with Crippen LogP contribution in [0.1, 0.15) is 13.3 Å². The lowest BCUT2D eigenvalue weighted by atomic mass is 10.2. The fourth-order valence-corrected chi connectivity index (χ4v) is 5.78. The Balaban J connectivity index is 1.74. The van der Waals surface area contributed by atoms with Crippen LogP contribution in [0.15, 0.2) is 24.3 Å². The lowest BCUT2D eigenvalue weighted by Gasteiger charge is -2.25. The summed E-state index contributed by atoms with van der Waals surface area (Å²) < 4.78 is 25.8. The number of sulfone groups is 1. The maximum atomic E-state index is 11.7. The largest absolute Gasteiger partial charge is 0.329 e. The number of halogens is 1. The molecule has 1 fully saturated rings. The number of anilines is 2. The van der Waals surface area contributed by atoms with Gasteiger partial charge in [-0.2, -0.15) is 0 Å². The molecule has 136 valence electrons. The third-order valence-electron chi connectivity index (χ3n) is 4.17. The predicted octanol–water partition coefficient (Wildman–Crippen LogP) is 3.54. The fourth-order valence-electron chi connectivity index (χ4n) is 2.83. The molecule has 10 heteroatoms. The number of nitrogens with one attached hydrogen (secondary N) is 1. The molecule has 0 aliphatic carbocycles. The first kappa shape index (κ1) is 18.8. The van der Waals surface area contributed by atoms with E-state index in [1.54, 1.807) is 10.7 Å². The van der Waals surface area contributed by atoms with Crippen LogP contribution in [-0.4, -0.2) is 47.2 Å². The van der Waals surface area contributed by atoms with Crippen LogP contribution in [0.2, 0.25) is 5.02 Å². The number of hydrogen-bond acceptors (Lipinski definition) is 7. The van der Waals surface area contributed by atoms with Crippen LogP contribution in [-0.2, 0) is 16.5 Å². The van der Waals surface area contributed by atoms with Crippen LogP contribution in [0, 0.1) is 3.95 Å². The number of para-hydroxylation sites is 1. The second-order valence-corrected chi connectivity index (χ2v) is 10.1. The van der Waals surface area contributed by atoms with Crippen LogP contribution in [0.25, 0.3) is 0 Å². The Labute approximate surface area is 161 Å². The predicted molar refractivity (Wildman–Crippen MR) is 105 cm³/mol. The van der Waals surface area contributed by atoms with E-state index in [9.17, 15) is 8.42 Å². The Bertz CT molecular complexity index is 909. The van der Waals surface area contributed by atoms with E-state index in [0.29, 0.717) is 27.2 Å². The molecule has 0 saturated carbocycles. The van der Waals surface area contributed by atoms with Crippen molar-refractivity contribution in [2.24, 2.45) is 0 Å². The third kappa shape index (κ3) is 4.59. The van der Waals surface area contributed by atoms with Crippen LogP contribution < -0.4 is 5.32 Å². The summed E-state index contributed by atoms with van der Waals surface area (Å²) in [6.45, 7) is 3.24. The van der Waals surface area contributed by atoms with E-state index >= 15 is 0 Å². The summed E-state index contributed by atoms with van der Waals surface area (Å²) >= 11 is 12.9. The van der Waals surface area contributed by atoms with Crippen molar-refractivity contribution in [2.45, 2.75) is 26.1 Å². The zero-order valence-electron chi connectivity index (χ0n) is 13.7. The van der Waals surface area contributed by atoms with Crippen LogP contribution in [0.3, 0.4) is 0 Å². The van der Waals surface area contributed by atoms with Gasteiger partial charge >= 0.3 is 0 Å². The van der Waals surface area contributed by atoms with Gasteiger partial charge in [-0.3, -0.25) is 4.90 Å². The van der Waals surface area contributed by atoms with E-state index < -0.39 is 9.84 Å². The molecule has 1 aromatic heterocycles. The summed E-state index contributed by atoms with van der Waals surface area (Å²) in [4.78, 5) is 2.11. The maximum Gasteiger partial charge on any atom is 0.209 e. The van der Waals surface area contributed by atoms with E-state index in [1.165, 1.54) is 11.3 Å². The van der Waals surface area contributed by atoms with Crippen molar-refractivity contribution in [1.82, 2.24) is 14.7 Å². The van der Waals surface area contributed by atoms with Gasteiger partial charge in [0.05, 0.1) is 28.9 Å². The molecule has 1 N–H and O–H groups in total. The number of hydrogen-bond donors (Lipinski definition) is 1. The van der Waals surface area contributed by atoms with E-state index in [-0.39, 0.29) is 17.5 Å². The molecule has 0 spiro atoms. The second-order valence-electron chi connectivity index (χ2n) is 5.88. The van der Waals surface area contributed by atoms with Crippen molar-refractivity contribution in [1.29, 1.82) is 0 Å². The third-order valence-corrected chi connectivity index (χ3v) is 7.47. The molecule has 2 heterocycles. The first-order valence-corrected chi connectivity index (χ1v) is 11.3. The van der Waals surface area contributed by atoms with Gasteiger partial charge in [-0.25, -0.2) is 13.1 Å². The zero-order valence-corrected chi connectivity index (χ0v) is 16.9. The maximum absolute atomic E-state index is 11.7. The van der Waals surface area contributed by atoms with Gasteiger partial charge in [0.1, 0.15) is 0 Å². The van der Waals surface area contributed by atoms with Crippen molar-refractivity contribution in [3.63, 3.8) is 0 Å². The van der Waals surface area contributed by atoms with Crippen LogP contribution in [0.4, 0.5) is 10.8 Å². The van der Waals surface area contributed by atoms with Crippen LogP contribution >= 0.6 is 35.2 Å².